The first kappa shape index (κ1) is 26.0. The van der Waals surface area contributed by atoms with Crippen LogP contribution in [0.15, 0.2) is 29.3 Å². The van der Waals surface area contributed by atoms with Crippen molar-refractivity contribution in [1.29, 1.82) is 0 Å². The van der Waals surface area contributed by atoms with Crippen LogP contribution in [0.4, 0.5) is 10.5 Å². The Hall–Kier alpha value is -2.04. The molecule has 1 aromatic rings. The number of halogens is 1. The molecule has 0 saturated heterocycles. The monoisotopic (exact) mass is 505 g/mol. The number of anilines is 1. The topological polar surface area (TPSA) is 104 Å². The summed E-state index contributed by atoms with van der Waals surface area (Å²) < 4.78 is 5.17. The van der Waals surface area contributed by atoms with Crippen molar-refractivity contribution >= 4 is 47.6 Å². The number of nitrogens with zero attached hydrogens (tertiary/aromatic N) is 1. The molecule has 0 spiro atoms. The molecule has 1 rings (SSSR count). The van der Waals surface area contributed by atoms with Crippen LogP contribution in [0.2, 0.25) is 0 Å². The van der Waals surface area contributed by atoms with E-state index in [9.17, 15) is 9.59 Å². The summed E-state index contributed by atoms with van der Waals surface area (Å²) in [7, 11) is 1.70. The average Bonchev–Trinajstić information content (AvgIpc) is 2.55. The van der Waals surface area contributed by atoms with Gasteiger partial charge in [-0.2, -0.15) is 0 Å². The highest BCUT2D eigenvalue weighted by atomic mass is 127. The Morgan fingerprint density at radius 3 is 2.39 bits per heavy atom. The second kappa shape index (κ2) is 13.2. The van der Waals surface area contributed by atoms with E-state index in [2.05, 4.69) is 26.3 Å². The van der Waals surface area contributed by atoms with Crippen molar-refractivity contribution in [3.05, 3.63) is 29.8 Å². The van der Waals surface area contributed by atoms with Gasteiger partial charge in [-0.1, -0.05) is 12.1 Å². The molecule has 0 unspecified atom stereocenters. The van der Waals surface area contributed by atoms with Crippen LogP contribution in [0.5, 0.6) is 0 Å². The maximum atomic E-state index is 11.5. The van der Waals surface area contributed by atoms with E-state index in [1.165, 1.54) is 6.92 Å². The molecule has 0 heterocycles. The molecule has 0 aliphatic heterocycles. The Bertz CT molecular complexity index is 659. The Kier molecular flexibility index (Phi) is 12.2. The first-order chi connectivity index (χ1) is 12.7. The molecular formula is C19H32IN5O3. The Morgan fingerprint density at radius 2 is 1.79 bits per heavy atom. The van der Waals surface area contributed by atoms with Crippen LogP contribution in [-0.2, 0) is 16.1 Å². The molecule has 0 radical (unpaired) electrons. The number of alkyl carbamates (subject to hydrolysis) is 1. The number of ether oxygens (including phenoxy) is 1. The lowest BCUT2D eigenvalue weighted by atomic mass is 10.2. The molecule has 0 atom stereocenters. The second-order valence-electron chi connectivity index (χ2n) is 7.02. The number of hydrogen-bond acceptors (Lipinski definition) is 4. The lowest BCUT2D eigenvalue weighted by molar-refractivity contribution is -0.114. The van der Waals surface area contributed by atoms with Crippen molar-refractivity contribution in [1.82, 2.24) is 16.0 Å². The molecule has 0 fully saturated rings. The maximum Gasteiger partial charge on any atom is 0.407 e. The summed E-state index contributed by atoms with van der Waals surface area (Å²) in [5.41, 5.74) is 1.29. The van der Waals surface area contributed by atoms with Crippen LogP contribution in [0.25, 0.3) is 0 Å². The second-order valence-corrected chi connectivity index (χ2v) is 7.02. The third-order valence-corrected chi connectivity index (χ3v) is 3.25. The zero-order valence-electron chi connectivity index (χ0n) is 17.2. The van der Waals surface area contributed by atoms with Crippen molar-refractivity contribution in [2.75, 3.05) is 25.5 Å². The third-order valence-electron chi connectivity index (χ3n) is 3.25. The van der Waals surface area contributed by atoms with Crippen LogP contribution < -0.4 is 21.3 Å². The molecule has 0 aliphatic rings. The fourth-order valence-electron chi connectivity index (χ4n) is 2.17. The number of benzene rings is 1. The third kappa shape index (κ3) is 12.4. The SMILES string of the molecule is CN=C(NCCCNC(=O)OC(C)(C)C)NCc1cccc(NC(C)=O)c1.I. The van der Waals surface area contributed by atoms with Crippen molar-refractivity contribution in [3.8, 4) is 0 Å². The van der Waals surface area contributed by atoms with E-state index in [-0.39, 0.29) is 29.9 Å². The highest BCUT2D eigenvalue weighted by Crippen LogP contribution is 2.10. The molecule has 8 nitrogen and oxygen atoms in total. The molecular weight excluding hydrogens is 473 g/mol. The quantitative estimate of drug-likeness (QED) is 0.198. The van der Waals surface area contributed by atoms with Crippen molar-refractivity contribution in [2.24, 2.45) is 4.99 Å². The first-order valence-corrected chi connectivity index (χ1v) is 8.97. The van der Waals surface area contributed by atoms with Gasteiger partial charge in [-0.15, -0.1) is 24.0 Å². The number of nitrogens with one attached hydrogen (secondary N) is 4. The lowest BCUT2D eigenvalue weighted by Gasteiger charge is -2.19. The minimum Gasteiger partial charge on any atom is -0.444 e. The fraction of sp³-hybridized carbons (Fsp3) is 0.526. The summed E-state index contributed by atoms with van der Waals surface area (Å²) in [5, 5.41) is 11.9. The lowest BCUT2D eigenvalue weighted by Crippen LogP contribution is -2.39. The molecule has 9 heteroatoms. The smallest absolute Gasteiger partial charge is 0.407 e. The fourth-order valence-corrected chi connectivity index (χ4v) is 2.17. The van der Waals surface area contributed by atoms with Gasteiger partial charge in [0.2, 0.25) is 5.91 Å². The molecule has 0 aliphatic carbocycles. The van der Waals surface area contributed by atoms with Gasteiger partial charge in [-0.25, -0.2) is 4.79 Å². The van der Waals surface area contributed by atoms with E-state index in [0.29, 0.717) is 25.6 Å². The number of rotatable bonds is 7. The number of aliphatic imine (C=N–C) groups is 1. The van der Waals surface area contributed by atoms with Gasteiger partial charge in [0.1, 0.15) is 5.60 Å². The zero-order chi connectivity index (χ0) is 20.3. The predicted octanol–water partition coefficient (Wildman–Crippen LogP) is 2.84. The maximum absolute atomic E-state index is 11.5. The first-order valence-electron chi connectivity index (χ1n) is 8.97. The Balaban J connectivity index is 0.00000729. The van der Waals surface area contributed by atoms with E-state index < -0.39 is 11.7 Å². The van der Waals surface area contributed by atoms with Crippen LogP contribution in [0, 0.1) is 0 Å². The number of guanidine groups is 1. The van der Waals surface area contributed by atoms with E-state index in [0.717, 1.165) is 17.7 Å². The Labute approximate surface area is 184 Å². The van der Waals surface area contributed by atoms with Gasteiger partial charge in [0.15, 0.2) is 5.96 Å². The van der Waals surface area contributed by atoms with E-state index in [4.69, 9.17) is 4.74 Å². The minimum atomic E-state index is -0.495. The minimum absolute atomic E-state index is 0. The van der Waals surface area contributed by atoms with Crippen molar-refractivity contribution in [2.45, 2.75) is 46.3 Å². The van der Waals surface area contributed by atoms with Gasteiger partial charge >= 0.3 is 6.09 Å². The van der Waals surface area contributed by atoms with Crippen LogP contribution >= 0.6 is 24.0 Å². The molecule has 158 valence electrons. The molecule has 2 amide bonds. The molecule has 28 heavy (non-hydrogen) atoms. The van der Waals surface area contributed by atoms with Gasteiger partial charge in [0.25, 0.3) is 0 Å². The van der Waals surface area contributed by atoms with Crippen LogP contribution in [-0.4, -0.2) is 43.7 Å². The number of amides is 2. The number of carbonyl (C=O) groups excluding carboxylic acids is 2. The van der Waals surface area contributed by atoms with Crippen molar-refractivity contribution in [3.63, 3.8) is 0 Å². The van der Waals surface area contributed by atoms with Gasteiger partial charge < -0.3 is 26.0 Å². The summed E-state index contributed by atoms with van der Waals surface area (Å²) >= 11 is 0. The summed E-state index contributed by atoms with van der Waals surface area (Å²) in [6, 6.07) is 7.61. The summed E-state index contributed by atoms with van der Waals surface area (Å²) in [6.45, 7) is 8.71. The highest BCUT2D eigenvalue weighted by molar-refractivity contribution is 14.0. The summed E-state index contributed by atoms with van der Waals surface area (Å²) in [4.78, 5) is 26.8. The van der Waals surface area contributed by atoms with Gasteiger partial charge in [0, 0.05) is 39.3 Å². The van der Waals surface area contributed by atoms with Crippen LogP contribution in [0.1, 0.15) is 39.7 Å². The zero-order valence-corrected chi connectivity index (χ0v) is 19.5. The average molecular weight is 505 g/mol. The number of hydrogen-bond donors (Lipinski definition) is 4. The highest BCUT2D eigenvalue weighted by Gasteiger charge is 2.15. The Morgan fingerprint density at radius 1 is 1.11 bits per heavy atom. The molecule has 4 N–H and O–H groups in total. The predicted molar refractivity (Wildman–Crippen MR) is 123 cm³/mol. The van der Waals surface area contributed by atoms with Gasteiger partial charge in [-0.3, -0.25) is 9.79 Å². The largest absolute Gasteiger partial charge is 0.444 e. The normalized spacial score (nSPS) is 11.1. The van der Waals surface area contributed by atoms with Gasteiger partial charge in [0.05, 0.1) is 0 Å². The molecule has 0 saturated carbocycles. The standard InChI is InChI=1S/C19H31N5O3.HI/c1-14(25)24-16-9-6-8-15(12-16)13-23-17(20-5)21-10-7-11-22-18(26)27-19(2,3)4;/h6,8-9,12H,7,10-11,13H2,1-5H3,(H,22,26)(H,24,25)(H2,20,21,23);1H. The number of carbonyl (C=O) groups is 2. The van der Waals surface area contributed by atoms with Crippen LogP contribution in [0.3, 0.4) is 0 Å². The molecule has 0 aromatic heterocycles. The van der Waals surface area contributed by atoms with E-state index in [1.807, 2.05) is 45.0 Å². The summed E-state index contributed by atoms with van der Waals surface area (Å²) in [6.07, 6.45) is 0.321. The molecule has 1 aromatic carbocycles. The van der Waals surface area contributed by atoms with Crippen molar-refractivity contribution < 1.29 is 14.3 Å². The van der Waals surface area contributed by atoms with Gasteiger partial charge in [-0.05, 0) is 44.9 Å². The molecule has 0 bridgehead atoms. The summed E-state index contributed by atoms with van der Waals surface area (Å²) in [5.74, 6) is 0.565. The van der Waals surface area contributed by atoms with E-state index >= 15 is 0 Å². The van der Waals surface area contributed by atoms with E-state index in [1.54, 1.807) is 7.05 Å².